The van der Waals surface area contributed by atoms with E-state index in [0.717, 1.165) is 35.2 Å². The van der Waals surface area contributed by atoms with Crippen LogP contribution in [-0.4, -0.2) is 39.7 Å². The number of thioether (sulfide) groups is 1. The van der Waals surface area contributed by atoms with E-state index in [1.807, 2.05) is 0 Å². The number of imide groups is 1. The lowest BCUT2D eigenvalue weighted by Gasteiger charge is -2.29. The lowest BCUT2D eigenvalue weighted by atomic mass is 9.83. The summed E-state index contributed by atoms with van der Waals surface area (Å²) in [5.41, 5.74) is -0.629. The van der Waals surface area contributed by atoms with E-state index in [0.29, 0.717) is 31.8 Å². The number of phenolic OH excluding ortho intramolecular Hbond substituents is 1. The Kier molecular flexibility index (Phi) is 7.26. The van der Waals surface area contributed by atoms with Gasteiger partial charge in [0.05, 0.1) is 22.2 Å². The van der Waals surface area contributed by atoms with Crippen molar-refractivity contribution in [1.29, 1.82) is 0 Å². The van der Waals surface area contributed by atoms with E-state index < -0.39 is 52.2 Å². The summed E-state index contributed by atoms with van der Waals surface area (Å²) in [6.07, 6.45) is -4.79. The van der Waals surface area contributed by atoms with Gasteiger partial charge in [-0.1, -0.05) is 47.4 Å². The van der Waals surface area contributed by atoms with Crippen molar-refractivity contribution in [1.82, 2.24) is 4.98 Å². The Bertz CT molecular complexity index is 1790. The maximum absolute atomic E-state index is 13.8. The second kappa shape index (κ2) is 10.9. The maximum atomic E-state index is 13.8. The normalized spacial score (nSPS) is 19.6. The number of aromatic amines is 1. The number of hydrogen-bond donors (Lipinski definition) is 3. The minimum Gasteiger partial charge on any atom is -0.508 e. The second-order valence-electron chi connectivity index (χ2n) is 9.73. The van der Waals surface area contributed by atoms with Crippen LogP contribution in [0.15, 0.2) is 82.6 Å². The number of para-hydroxylation sites is 1. The lowest BCUT2D eigenvalue weighted by Crippen LogP contribution is -2.33. The van der Waals surface area contributed by atoms with Crippen molar-refractivity contribution < 1.29 is 37.4 Å². The first-order valence-electron chi connectivity index (χ1n) is 12.8. The summed E-state index contributed by atoms with van der Waals surface area (Å²) in [5, 5.41) is 11.3. The molecule has 0 aliphatic carbocycles. The van der Waals surface area contributed by atoms with Crippen LogP contribution in [0, 0.1) is 5.92 Å². The highest BCUT2D eigenvalue weighted by Crippen LogP contribution is 2.54. The van der Waals surface area contributed by atoms with Crippen LogP contribution in [-0.2, 0) is 20.6 Å². The zero-order valence-corrected chi connectivity index (χ0v) is 23.4. The number of alkyl halides is 3. The van der Waals surface area contributed by atoms with E-state index in [4.69, 9.17) is 4.74 Å². The first kappa shape index (κ1) is 28.6. The first-order chi connectivity index (χ1) is 20.5. The SMILES string of the molecule is O=C(COc1ccc([C@H]2c3sc(=O)[nH]c3SC3C(=O)N(c4ccccc4C(F)(F)F)C(=O)C32)cc1)Nc1ccc(O)cc1. The molecule has 2 aliphatic rings. The molecule has 220 valence electrons. The summed E-state index contributed by atoms with van der Waals surface area (Å²) in [5.74, 6) is -3.52. The molecule has 1 aromatic heterocycles. The van der Waals surface area contributed by atoms with Gasteiger partial charge in [0.25, 0.3) is 5.91 Å². The molecule has 9 nitrogen and oxygen atoms in total. The molecule has 2 unspecified atom stereocenters. The summed E-state index contributed by atoms with van der Waals surface area (Å²) in [7, 11) is 0. The number of carbonyl (C=O) groups excluding carboxylic acids is 3. The van der Waals surface area contributed by atoms with Gasteiger partial charge in [-0.25, -0.2) is 4.90 Å². The molecule has 1 fully saturated rings. The van der Waals surface area contributed by atoms with Gasteiger partial charge in [0, 0.05) is 16.5 Å². The summed E-state index contributed by atoms with van der Waals surface area (Å²) in [6, 6.07) is 16.7. The van der Waals surface area contributed by atoms with Crippen molar-refractivity contribution in [2.45, 2.75) is 22.4 Å². The van der Waals surface area contributed by atoms with E-state index in [1.165, 1.54) is 36.4 Å². The number of halogens is 3. The van der Waals surface area contributed by atoms with Gasteiger partial charge < -0.3 is 20.1 Å². The fourth-order valence-corrected chi connectivity index (χ4v) is 7.70. The number of aromatic hydroxyl groups is 1. The number of aromatic nitrogens is 1. The quantitative estimate of drug-likeness (QED) is 0.203. The zero-order valence-electron chi connectivity index (χ0n) is 21.8. The number of benzene rings is 3. The van der Waals surface area contributed by atoms with Crippen LogP contribution in [0.1, 0.15) is 21.9 Å². The molecule has 43 heavy (non-hydrogen) atoms. The molecule has 3 heterocycles. The van der Waals surface area contributed by atoms with Crippen LogP contribution in [0.3, 0.4) is 0 Å². The van der Waals surface area contributed by atoms with Crippen LogP contribution < -0.4 is 19.8 Å². The van der Waals surface area contributed by atoms with Crippen LogP contribution in [0.4, 0.5) is 24.5 Å². The van der Waals surface area contributed by atoms with Gasteiger partial charge in [-0.15, -0.1) is 0 Å². The summed E-state index contributed by atoms with van der Waals surface area (Å²) in [6.45, 7) is -0.324. The summed E-state index contributed by atoms with van der Waals surface area (Å²) >= 11 is 1.84. The minimum absolute atomic E-state index is 0.0544. The van der Waals surface area contributed by atoms with Crippen molar-refractivity contribution in [2.24, 2.45) is 5.92 Å². The third-order valence-electron chi connectivity index (χ3n) is 7.03. The largest absolute Gasteiger partial charge is 0.508 e. The summed E-state index contributed by atoms with van der Waals surface area (Å²) < 4.78 is 47.0. The van der Waals surface area contributed by atoms with Gasteiger partial charge >= 0.3 is 11.0 Å². The minimum atomic E-state index is -4.79. The number of anilines is 2. The molecular weight excluding hydrogens is 607 g/mol. The molecule has 1 saturated heterocycles. The first-order valence-corrected chi connectivity index (χ1v) is 14.5. The predicted molar refractivity (Wildman–Crippen MR) is 153 cm³/mol. The molecule has 14 heteroatoms. The molecular formula is C29H20F3N3O6S2. The average molecular weight is 628 g/mol. The second-order valence-corrected chi connectivity index (χ2v) is 11.9. The van der Waals surface area contributed by atoms with E-state index >= 15 is 0 Å². The topological polar surface area (TPSA) is 129 Å². The smallest absolute Gasteiger partial charge is 0.418 e. The monoisotopic (exact) mass is 627 g/mol. The van der Waals surface area contributed by atoms with Crippen LogP contribution in [0.5, 0.6) is 11.5 Å². The van der Waals surface area contributed by atoms with Gasteiger partial charge in [0.1, 0.15) is 16.7 Å². The van der Waals surface area contributed by atoms with Crippen molar-refractivity contribution in [2.75, 3.05) is 16.8 Å². The molecule has 2 aliphatic heterocycles. The zero-order chi connectivity index (χ0) is 30.5. The fraction of sp³-hybridized carbons (Fsp3) is 0.172. The third-order valence-corrected chi connectivity index (χ3v) is 9.44. The Morgan fingerprint density at radius 2 is 1.67 bits per heavy atom. The molecule has 4 aromatic rings. The molecule has 0 bridgehead atoms. The Balaban J connectivity index is 1.27. The van der Waals surface area contributed by atoms with Gasteiger partial charge in [-0.2, -0.15) is 13.2 Å². The fourth-order valence-electron chi connectivity index (χ4n) is 5.18. The molecule has 3 aromatic carbocycles. The number of ether oxygens (including phenoxy) is 1. The highest BCUT2D eigenvalue weighted by Gasteiger charge is 2.57. The number of nitrogens with one attached hydrogen (secondary N) is 2. The number of H-pyrrole nitrogens is 1. The molecule has 0 radical (unpaired) electrons. The summed E-state index contributed by atoms with van der Waals surface area (Å²) in [4.78, 5) is 55.3. The van der Waals surface area contributed by atoms with Gasteiger partial charge in [0.2, 0.25) is 11.8 Å². The van der Waals surface area contributed by atoms with Gasteiger partial charge in [0.15, 0.2) is 6.61 Å². The molecule has 3 atom stereocenters. The molecule has 6 rings (SSSR count). The number of hydrogen-bond acceptors (Lipinski definition) is 8. The predicted octanol–water partition coefficient (Wildman–Crippen LogP) is 4.97. The standard InChI is InChI=1S/C29H20F3N3O6S2/c30-29(31,32)18-3-1-2-4-19(18)35-26(38)22-21(23-25(34-28(40)43-23)42-24(22)27(35)39)14-5-11-17(12-6-14)41-13-20(37)33-15-7-9-16(36)10-8-15/h1-12,21-22,24,36H,13H2,(H,33,37)(H,34,40)/t21-,22?,24?/m1/s1. The Hall–Kier alpha value is -4.56. The Morgan fingerprint density at radius 1 is 0.977 bits per heavy atom. The number of rotatable bonds is 6. The van der Waals surface area contributed by atoms with E-state index in [-0.39, 0.29) is 17.2 Å². The van der Waals surface area contributed by atoms with Crippen LogP contribution in [0.2, 0.25) is 0 Å². The van der Waals surface area contributed by atoms with Crippen molar-refractivity contribution in [3.8, 4) is 11.5 Å². The maximum Gasteiger partial charge on any atom is 0.418 e. The molecule has 0 spiro atoms. The van der Waals surface area contributed by atoms with Crippen molar-refractivity contribution >= 4 is 52.2 Å². The van der Waals surface area contributed by atoms with Crippen molar-refractivity contribution in [3.05, 3.63) is 98.5 Å². The van der Waals surface area contributed by atoms with E-state index in [9.17, 15) is 37.5 Å². The number of fused-ring (bicyclic) bond motifs is 2. The van der Waals surface area contributed by atoms with Gasteiger partial charge in [-0.05, 0) is 54.1 Å². The average Bonchev–Trinajstić information content (AvgIpc) is 3.47. The molecule has 0 saturated carbocycles. The highest BCUT2D eigenvalue weighted by atomic mass is 32.2. The number of amides is 3. The Labute approximate surface area is 249 Å². The highest BCUT2D eigenvalue weighted by molar-refractivity contribution is 8.00. The number of carbonyl (C=O) groups is 3. The van der Waals surface area contributed by atoms with Gasteiger partial charge in [-0.3, -0.25) is 19.2 Å². The van der Waals surface area contributed by atoms with E-state index in [2.05, 4.69) is 10.3 Å². The molecule has 3 N–H and O–H groups in total. The van der Waals surface area contributed by atoms with Crippen molar-refractivity contribution in [3.63, 3.8) is 0 Å². The molecule has 3 amide bonds. The third kappa shape index (κ3) is 5.39. The van der Waals surface area contributed by atoms with E-state index in [1.54, 1.807) is 24.3 Å². The van der Waals surface area contributed by atoms with Crippen LogP contribution in [0.25, 0.3) is 0 Å². The Morgan fingerprint density at radius 3 is 2.37 bits per heavy atom. The lowest BCUT2D eigenvalue weighted by molar-refractivity contribution is -0.137. The van der Waals surface area contributed by atoms with Crippen LogP contribution >= 0.6 is 23.1 Å². The number of thiazole rings is 1. The number of phenols is 1. The number of nitrogens with zero attached hydrogens (tertiary/aromatic N) is 1.